The summed E-state index contributed by atoms with van der Waals surface area (Å²) in [5.41, 5.74) is 0.244. The molecule has 0 aliphatic rings. The third-order valence-corrected chi connectivity index (χ3v) is 2.08. The average Bonchev–Trinajstić information content (AvgIpc) is 2.22. The SMILES string of the molecule is C#CCCNC(=O)c1cc(O)ccc1Cl. The van der Waals surface area contributed by atoms with Gasteiger partial charge in [-0.3, -0.25) is 4.79 Å². The van der Waals surface area contributed by atoms with Crippen molar-refractivity contribution in [3.05, 3.63) is 28.8 Å². The minimum Gasteiger partial charge on any atom is -0.508 e. The topological polar surface area (TPSA) is 49.3 Å². The van der Waals surface area contributed by atoms with Crippen molar-refractivity contribution in [2.75, 3.05) is 6.54 Å². The number of terminal acetylenes is 1. The van der Waals surface area contributed by atoms with Crippen molar-refractivity contribution in [2.45, 2.75) is 6.42 Å². The first-order valence-corrected chi connectivity index (χ1v) is 4.73. The van der Waals surface area contributed by atoms with Crippen molar-refractivity contribution in [1.29, 1.82) is 0 Å². The zero-order valence-corrected chi connectivity index (χ0v) is 8.71. The smallest absolute Gasteiger partial charge is 0.252 e. The summed E-state index contributed by atoms with van der Waals surface area (Å²) in [6, 6.07) is 4.20. The van der Waals surface area contributed by atoms with Crippen LogP contribution in [0.4, 0.5) is 0 Å². The molecule has 1 amide bonds. The number of nitrogens with one attached hydrogen (secondary N) is 1. The fourth-order valence-electron chi connectivity index (χ4n) is 1.03. The molecule has 0 heterocycles. The number of phenolic OH excluding ortho intramolecular Hbond substituents is 1. The molecule has 0 fully saturated rings. The molecule has 0 bridgehead atoms. The Morgan fingerprint density at radius 1 is 1.60 bits per heavy atom. The maximum atomic E-state index is 11.5. The van der Waals surface area contributed by atoms with Gasteiger partial charge >= 0.3 is 0 Å². The Kier molecular flexibility index (Phi) is 4.02. The van der Waals surface area contributed by atoms with Crippen LogP contribution in [0.3, 0.4) is 0 Å². The summed E-state index contributed by atoms with van der Waals surface area (Å²) < 4.78 is 0. The summed E-state index contributed by atoms with van der Waals surface area (Å²) in [6.07, 6.45) is 5.50. The first kappa shape index (κ1) is 11.4. The number of halogens is 1. The number of amides is 1. The van der Waals surface area contributed by atoms with Crippen molar-refractivity contribution >= 4 is 17.5 Å². The first-order valence-electron chi connectivity index (χ1n) is 4.35. The first-order chi connectivity index (χ1) is 7.15. The fraction of sp³-hybridized carbons (Fsp3) is 0.182. The molecule has 4 heteroatoms. The molecule has 1 aromatic carbocycles. The highest BCUT2D eigenvalue weighted by molar-refractivity contribution is 6.33. The lowest BCUT2D eigenvalue weighted by Gasteiger charge is -2.05. The highest BCUT2D eigenvalue weighted by atomic mass is 35.5. The van der Waals surface area contributed by atoms with Gasteiger partial charge < -0.3 is 10.4 Å². The predicted molar refractivity (Wildman–Crippen MR) is 58.9 cm³/mol. The molecular formula is C11H10ClNO2. The molecule has 0 aliphatic carbocycles. The van der Waals surface area contributed by atoms with Gasteiger partial charge in [0.05, 0.1) is 10.6 Å². The number of benzene rings is 1. The molecule has 0 atom stereocenters. The molecule has 0 aromatic heterocycles. The van der Waals surface area contributed by atoms with Gasteiger partial charge in [0.2, 0.25) is 0 Å². The van der Waals surface area contributed by atoms with Crippen LogP contribution in [0.15, 0.2) is 18.2 Å². The molecule has 0 radical (unpaired) electrons. The molecule has 1 rings (SSSR count). The number of aromatic hydroxyl groups is 1. The van der Waals surface area contributed by atoms with Gasteiger partial charge in [0.25, 0.3) is 5.91 Å². The van der Waals surface area contributed by atoms with E-state index in [4.69, 9.17) is 18.0 Å². The van der Waals surface area contributed by atoms with Crippen LogP contribution in [0.2, 0.25) is 5.02 Å². The number of hydrogen-bond donors (Lipinski definition) is 2. The maximum absolute atomic E-state index is 11.5. The molecule has 3 nitrogen and oxygen atoms in total. The van der Waals surface area contributed by atoms with Gasteiger partial charge in [-0.15, -0.1) is 12.3 Å². The summed E-state index contributed by atoms with van der Waals surface area (Å²) in [4.78, 5) is 11.5. The fourth-order valence-corrected chi connectivity index (χ4v) is 1.23. The third-order valence-electron chi connectivity index (χ3n) is 1.75. The molecule has 1 aromatic rings. The molecule has 0 saturated carbocycles. The van der Waals surface area contributed by atoms with E-state index in [2.05, 4.69) is 11.2 Å². The Balaban J connectivity index is 2.73. The second-order valence-corrected chi connectivity index (χ2v) is 3.28. The van der Waals surface area contributed by atoms with Gasteiger partial charge in [0.15, 0.2) is 0 Å². The number of hydrogen-bond acceptors (Lipinski definition) is 2. The Bertz CT molecular complexity index is 410. The molecule has 0 spiro atoms. The summed E-state index contributed by atoms with van der Waals surface area (Å²) >= 11 is 5.79. The second-order valence-electron chi connectivity index (χ2n) is 2.87. The number of carbonyl (C=O) groups excluding carboxylic acids is 1. The predicted octanol–water partition coefficient (Wildman–Crippen LogP) is 1.80. The van der Waals surface area contributed by atoms with E-state index < -0.39 is 0 Å². The van der Waals surface area contributed by atoms with Gasteiger partial charge in [-0.1, -0.05) is 11.6 Å². The van der Waals surface area contributed by atoms with E-state index in [-0.39, 0.29) is 17.2 Å². The van der Waals surface area contributed by atoms with Crippen LogP contribution < -0.4 is 5.32 Å². The summed E-state index contributed by atoms with van der Waals surface area (Å²) in [5.74, 6) is 2.06. The minimum absolute atomic E-state index is 0.00139. The number of carbonyl (C=O) groups is 1. The maximum Gasteiger partial charge on any atom is 0.252 e. The molecule has 2 N–H and O–H groups in total. The van der Waals surface area contributed by atoms with Gasteiger partial charge in [-0.05, 0) is 18.2 Å². The monoisotopic (exact) mass is 223 g/mol. The Hall–Kier alpha value is -1.66. The summed E-state index contributed by atoms with van der Waals surface area (Å²) in [6.45, 7) is 0.390. The van der Waals surface area contributed by atoms with E-state index in [9.17, 15) is 9.90 Å². The van der Waals surface area contributed by atoms with Crippen molar-refractivity contribution in [3.8, 4) is 18.1 Å². The number of rotatable bonds is 3. The Morgan fingerprint density at radius 3 is 3.00 bits per heavy atom. The quantitative estimate of drug-likeness (QED) is 0.607. The van der Waals surface area contributed by atoms with E-state index in [1.54, 1.807) is 0 Å². The molecular weight excluding hydrogens is 214 g/mol. The standard InChI is InChI=1S/C11H10ClNO2/c1-2-3-6-13-11(15)9-7-8(14)4-5-10(9)12/h1,4-5,7,14H,3,6H2,(H,13,15). The van der Waals surface area contributed by atoms with Crippen LogP contribution in [-0.4, -0.2) is 17.6 Å². The molecule has 78 valence electrons. The van der Waals surface area contributed by atoms with Crippen LogP contribution in [0.1, 0.15) is 16.8 Å². The average molecular weight is 224 g/mol. The van der Waals surface area contributed by atoms with E-state index >= 15 is 0 Å². The zero-order chi connectivity index (χ0) is 11.3. The van der Waals surface area contributed by atoms with Crippen molar-refractivity contribution in [2.24, 2.45) is 0 Å². The normalized spacial score (nSPS) is 9.33. The van der Waals surface area contributed by atoms with Crippen LogP contribution in [0.25, 0.3) is 0 Å². The lowest BCUT2D eigenvalue weighted by atomic mass is 10.2. The van der Waals surface area contributed by atoms with Crippen LogP contribution in [-0.2, 0) is 0 Å². The van der Waals surface area contributed by atoms with Crippen molar-refractivity contribution in [1.82, 2.24) is 5.32 Å². The molecule has 15 heavy (non-hydrogen) atoms. The van der Waals surface area contributed by atoms with E-state index in [1.807, 2.05) is 0 Å². The van der Waals surface area contributed by atoms with E-state index in [0.717, 1.165) is 0 Å². The highest BCUT2D eigenvalue weighted by Crippen LogP contribution is 2.20. The lowest BCUT2D eigenvalue weighted by molar-refractivity contribution is 0.0954. The zero-order valence-electron chi connectivity index (χ0n) is 7.96. The Labute approximate surface area is 93.1 Å². The van der Waals surface area contributed by atoms with Gasteiger partial charge in [0.1, 0.15) is 5.75 Å². The molecule has 0 aliphatic heterocycles. The molecule has 0 saturated heterocycles. The highest BCUT2D eigenvalue weighted by Gasteiger charge is 2.09. The second kappa shape index (κ2) is 5.28. The number of phenols is 1. The van der Waals surface area contributed by atoms with Crippen LogP contribution in [0.5, 0.6) is 5.75 Å². The third kappa shape index (κ3) is 3.19. The van der Waals surface area contributed by atoms with Crippen LogP contribution in [0, 0.1) is 12.3 Å². The van der Waals surface area contributed by atoms with E-state index in [1.165, 1.54) is 18.2 Å². The minimum atomic E-state index is -0.342. The van der Waals surface area contributed by atoms with Crippen LogP contribution >= 0.6 is 11.6 Å². The van der Waals surface area contributed by atoms with E-state index in [0.29, 0.717) is 18.0 Å². The van der Waals surface area contributed by atoms with Crippen molar-refractivity contribution < 1.29 is 9.90 Å². The molecule has 0 unspecified atom stereocenters. The lowest BCUT2D eigenvalue weighted by Crippen LogP contribution is -2.24. The summed E-state index contributed by atoms with van der Waals surface area (Å²) in [5, 5.41) is 12.1. The van der Waals surface area contributed by atoms with Gasteiger partial charge in [-0.2, -0.15) is 0 Å². The van der Waals surface area contributed by atoms with Gasteiger partial charge in [-0.25, -0.2) is 0 Å². The summed E-state index contributed by atoms with van der Waals surface area (Å²) in [7, 11) is 0. The largest absolute Gasteiger partial charge is 0.508 e. The van der Waals surface area contributed by atoms with Gasteiger partial charge in [0, 0.05) is 13.0 Å². The Morgan fingerprint density at radius 2 is 2.33 bits per heavy atom. The van der Waals surface area contributed by atoms with Crippen molar-refractivity contribution in [3.63, 3.8) is 0 Å².